The molecule has 0 radical (unpaired) electrons. The number of rotatable bonds is 4. The summed E-state index contributed by atoms with van der Waals surface area (Å²) in [4.78, 5) is 0. The Morgan fingerprint density at radius 3 is 1.94 bits per heavy atom. The highest BCUT2D eigenvalue weighted by Crippen LogP contribution is 2.17. The first-order chi connectivity index (χ1) is 6.61. The second kappa shape index (κ2) is 8.82. The molecule has 1 aromatic rings. The van der Waals surface area contributed by atoms with Crippen LogP contribution in [0.1, 0.15) is 31.9 Å². The Hall–Kier alpha value is -0.280. The molecule has 0 fully saturated rings. The molecule has 0 heterocycles. The van der Waals surface area contributed by atoms with Crippen molar-refractivity contribution in [3.05, 3.63) is 35.9 Å². The van der Waals surface area contributed by atoms with Crippen LogP contribution in [0.2, 0.25) is 0 Å². The zero-order valence-corrected chi connectivity index (χ0v) is 11.4. The van der Waals surface area contributed by atoms with Gasteiger partial charge < -0.3 is 11.5 Å². The summed E-state index contributed by atoms with van der Waals surface area (Å²) in [5.41, 5.74) is 13.2. The van der Waals surface area contributed by atoms with E-state index in [1.807, 2.05) is 30.3 Å². The van der Waals surface area contributed by atoms with E-state index in [0.717, 1.165) is 12.0 Å². The predicted octanol–water partition coefficient (Wildman–Crippen LogP) is 2.90. The number of nitrogens with two attached hydrogens (primary N) is 2. The topological polar surface area (TPSA) is 52.0 Å². The van der Waals surface area contributed by atoms with Crippen molar-refractivity contribution in [1.82, 2.24) is 0 Å². The van der Waals surface area contributed by atoms with Crippen molar-refractivity contribution < 1.29 is 0 Å². The summed E-state index contributed by atoms with van der Waals surface area (Å²) >= 11 is 0. The van der Waals surface area contributed by atoms with Crippen molar-refractivity contribution in [1.29, 1.82) is 0 Å². The second-order valence-electron chi connectivity index (χ2n) is 4.23. The molecule has 0 saturated heterocycles. The van der Waals surface area contributed by atoms with Gasteiger partial charge in [-0.2, -0.15) is 0 Å². The Balaban J connectivity index is 0. The molecule has 2 atom stereocenters. The summed E-state index contributed by atoms with van der Waals surface area (Å²) in [6.45, 7) is 4.33. The van der Waals surface area contributed by atoms with Gasteiger partial charge in [0.2, 0.25) is 0 Å². The minimum atomic E-state index is -0.0430. The Kier molecular flexibility index (Phi) is 9.98. The van der Waals surface area contributed by atoms with Crippen LogP contribution < -0.4 is 11.5 Å². The van der Waals surface area contributed by atoms with Crippen LogP contribution in [0.4, 0.5) is 0 Å². The van der Waals surface area contributed by atoms with E-state index in [1.165, 1.54) is 0 Å². The van der Waals surface area contributed by atoms with Crippen LogP contribution in [0.15, 0.2) is 30.3 Å². The molecule has 0 aliphatic heterocycles. The fourth-order valence-corrected chi connectivity index (χ4v) is 1.61. The average molecular weight is 265 g/mol. The van der Waals surface area contributed by atoms with Gasteiger partial charge >= 0.3 is 0 Å². The molecule has 1 rings (SSSR count). The van der Waals surface area contributed by atoms with Crippen LogP contribution in [0.25, 0.3) is 0 Å². The Morgan fingerprint density at radius 2 is 1.50 bits per heavy atom. The van der Waals surface area contributed by atoms with Crippen LogP contribution in [-0.4, -0.2) is 6.04 Å². The van der Waals surface area contributed by atoms with Crippen LogP contribution in [-0.2, 0) is 0 Å². The quantitative estimate of drug-likeness (QED) is 0.879. The van der Waals surface area contributed by atoms with E-state index in [2.05, 4.69) is 13.8 Å². The van der Waals surface area contributed by atoms with Gasteiger partial charge in [-0.1, -0.05) is 44.2 Å². The van der Waals surface area contributed by atoms with Gasteiger partial charge in [0, 0.05) is 12.1 Å². The van der Waals surface area contributed by atoms with Crippen LogP contribution >= 0.6 is 24.8 Å². The fraction of sp³-hybridized carbons (Fsp3) is 0.500. The molecule has 2 nitrogen and oxygen atoms in total. The molecule has 0 unspecified atom stereocenters. The lowest BCUT2D eigenvalue weighted by atomic mass is 9.94. The SMILES string of the molecule is CC(C)C[C@@H](N)[C@H](N)c1ccccc1.Cl.Cl. The van der Waals surface area contributed by atoms with Crippen molar-refractivity contribution >= 4 is 24.8 Å². The first-order valence-corrected chi connectivity index (χ1v) is 5.17. The standard InChI is InChI=1S/C12H20N2.2ClH/c1-9(2)8-11(13)12(14)10-6-4-3-5-7-10;;/h3-7,9,11-12H,8,13-14H2,1-2H3;2*1H/t11-,12-;;/m1../s1. The summed E-state index contributed by atoms with van der Waals surface area (Å²) in [6, 6.07) is 10.1. The zero-order valence-electron chi connectivity index (χ0n) is 9.80. The molecule has 94 valence electrons. The number of hydrogen-bond acceptors (Lipinski definition) is 2. The van der Waals surface area contributed by atoms with Gasteiger partial charge in [-0.15, -0.1) is 24.8 Å². The van der Waals surface area contributed by atoms with E-state index in [-0.39, 0.29) is 36.9 Å². The van der Waals surface area contributed by atoms with Gasteiger partial charge in [0.1, 0.15) is 0 Å². The monoisotopic (exact) mass is 264 g/mol. The molecule has 1 aromatic carbocycles. The third kappa shape index (κ3) is 5.71. The van der Waals surface area contributed by atoms with Gasteiger partial charge in [0.05, 0.1) is 0 Å². The third-order valence-electron chi connectivity index (χ3n) is 2.39. The number of hydrogen-bond donors (Lipinski definition) is 2. The summed E-state index contributed by atoms with van der Waals surface area (Å²) in [6.07, 6.45) is 0.968. The van der Waals surface area contributed by atoms with Gasteiger partial charge in [-0.3, -0.25) is 0 Å². The van der Waals surface area contributed by atoms with Crippen LogP contribution in [0.3, 0.4) is 0 Å². The lowest BCUT2D eigenvalue weighted by Gasteiger charge is -2.21. The first kappa shape index (κ1) is 18.1. The molecule has 4 N–H and O–H groups in total. The average Bonchev–Trinajstić information content (AvgIpc) is 2.17. The highest BCUT2D eigenvalue weighted by Gasteiger charge is 2.15. The lowest BCUT2D eigenvalue weighted by molar-refractivity contribution is 0.439. The van der Waals surface area contributed by atoms with Crippen molar-refractivity contribution in [2.75, 3.05) is 0 Å². The van der Waals surface area contributed by atoms with E-state index in [4.69, 9.17) is 11.5 Å². The minimum absolute atomic E-state index is 0. The maximum absolute atomic E-state index is 6.06. The third-order valence-corrected chi connectivity index (χ3v) is 2.39. The van der Waals surface area contributed by atoms with Gasteiger partial charge in [-0.05, 0) is 17.9 Å². The Morgan fingerprint density at radius 1 is 1.00 bits per heavy atom. The molecule has 0 bridgehead atoms. The van der Waals surface area contributed by atoms with Gasteiger partial charge in [-0.25, -0.2) is 0 Å². The second-order valence-corrected chi connectivity index (χ2v) is 4.23. The minimum Gasteiger partial charge on any atom is -0.326 e. The molecule has 0 aromatic heterocycles. The van der Waals surface area contributed by atoms with Gasteiger partial charge in [0.25, 0.3) is 0 Å². The van der Waals surface area contributed by atoms with E-state index in [9.17, 15) is 0 Å². The molecule has 0 aliphatic rings. The van der Waals surface area contributed by atoms with Gasteiger partial charge in [0.15, 0.2) is 0 Å². The molecule has 0 spiro atoms. The van der Waals surface area contributed by atoms with Crippen molar-refractivity contribution in [3.63, 3.8) is 0 Å². The van der Waals surface area contributed by atoms with E-state index < -0.39 is 0 Å². The molecule has 4 heteroatoms. The highest BCUT2D eigenvalue weighted by atomic mass is 35.5. The van der Waals surface area contributed by atoms with Crippen molar-refractivity contribution in [3.8, 4) is 0 Å². The molecule has 0 saturated carbocycles. The zero-order chi connectivity index (χ0) is 10.6. The van der Waals surface area contributed by atoms with E-state index in [0.29, 0.717) is 5.92 Å². The summed E-state index contributed by atoms with van der Waals surface area (Å²) in [7, 11) is 0. The van der Waals surface area contributed by atoms with E-state index >= 15 is 0 Å². The fourth-order valence-electron chi connectivity index (χ4n) is 1.61. The Labute approximate surface area is 111 Å². The maximum Gasteiger partial charge on any atom is 0.0448 e. The molecule has 0 aliphatic carbocycles. The summed E-state index contributed by atoms with van der Waals surface area (Å²) in [5, 5.41) is 0. The molecular weight excluding hydrogens is 243 g/mol. The predicted molar refractivity (Wildman–Crippen MR) is 75.3 cm³/mol. The Bertz CT molecular complexity index is 265. The summed E-state index contributed by atoms with van der Waals surface area (Å²) < 4.78 is 0. The van der Waals surface area contributed by atoms with E-state index in [1.54, 1.807) is 0 Å². The number of halogens is 2. The largest absolute Gasteiger partial charge is 0.326 e. The first-order valence-electron chi connectivity index (χ1n) is 5.17. The lowest BCUT2D eigenvalue weighted by Crippen LogP contribution is -2.35. The normalized spacial score (nSPS) is 13.6. The molecular formula is C12H22Cl2N2. The maximum atomic E-state index is 6.06. The molecule has 0 amide bonds. The molecule has 16 heavy (non-hydrogen) atoms. The van der Waals surface area contributed by atoms with Crippen LogP contribution in [0.5, 0.6) is 0 Å². The van der Waals surface area contributed by atoms with Crippen molar-refractivity contribution in [2.24, 2.45) is 17.4 Å². The highest BCUT2D eigenvalue weighted by molar-refractivity contribution is 5.85. The van der Waals surface area contributed by atoms with Crippen LogP contribution in [0, 0.1) is 5.92 Å². The van der Waals surface area contributed by atoms with Crippen molar-refractivity contribution in [2.45, 2.75) is 32.4 Å². The summed E-state index contributed by atoms with van der Waals surface area (Å²) in [5.74, 6) is 0.597. The number of benzene rings is 1. The smallest absolute Gasteiger partial charge is 0.0448 e.